The van der Waals surface area contributed by atoms with E-state index in [0.29, 0.717) is 25.6 Å². The average Bonchev–Trinajstić information content (AvgIpc) is 3.02. The second-order valence-electron chi connectivity index (χ2n) is 7.55. The number of rotatable bonds is 3. The van der Waals surface area contributed by atoms with E-state index < -0.39 is 5.92 Å². The van der Waals surface area contributed by atoms with Gasteiger partial charge in [-0.05, 0) is 31.7 Å². The smallest absolute Gasteiger partial charge is 0.250 e. The number of halogens is 2. The molecule has 2 aromatic rings. The van der Waals surface area contributed by atoms with Gasteiger partial charge in [-0.25, -0.2) is 18.7 Å². The SMILES string of the molecule is Cc1nc(CN2CCC(F)(F)CC2)c2cc(C3CCCCC3)sc2n1. The Morgan fingerprint density at radius 1 is 1.16 bits per heavy atom. The summed E-state index contributed by atoms with van der Waals surface area (Å²) in [5.41, 5.74) is 1.01. The first-order valence-electron chi connectivity index (χ1n) is 9.37. The number of nitrogens with zero attached hydrogens (tertiary/aromatic N) is 3. The van der Waals surface area contributed by atoms with E-state index in [9.17, 15) is 8.78 Å². The van der Waals surface area contributed by atoms with Gasteiger partial charge in [0.05, 0.1) is 5.69 Å². The van der Waals surface area contributed by atoms with Crippen molar-refractivity contribution in [1.29, 1.82) is 0 Å². The molecule has 0 radical (unpaired) electrons. The molecule has 3 nitrogen and oxygen atoms in total. The molecule has 3 heterocycles. The summed E-state index contributed by atoms with van der Waals surface area (Å²) in [6.45, 7) is 3.46. The number of piperidine rings is 1. The molecule has 1 aliphatic carbocycles. The lowest BCUT2D eigenvalue weighted by Crippen LogP contribution is -2.39. The fourth-order valence-corrected chi connectivity index (χ4v) is 5.34. The van der Waals surface area contributed by atoms with Gasteiger partial charge >= 0.3 is 0 Å². The molecular formula is C19H25F2N3S. The fourth-order valence-electron chi connectivity index (χ4n) is 4.08. The monoisotopic (exact) mass is 365 g/mol. The summed E-state index contributed by atoms with van der Waals surface area (Å²) in [7, 11) is 0. The van der Waals surface area contributed by atoms with Crippen molar-refractivity contribution in [3.63, 3.8) is 0 Å². The maximum Gasteiger partial charge on any atom is 0.250 e. The molecule has 1 saturated carbocycles. The maximum absolute atomic E-state index is 13.4. The maximum atomic E-state index is 13.4. The van der Waals surface area contributed by atoms with Crippen molar-refractivity contribution >= 4 is 21.6 Å². The molecule has 4 rings (SSSR count). The molecule has 136 valence electrons. The molecule has 6 heteroatoms. The van der Waals surface area contributed by atoms with Crippen LogP contribution >= 0.6 is 11.3 Å². The lowest BCUT2D eigenvalue weighted by molar-refractivity contribution is -0.0567. The van der Waals surface area contributed by atoms with Crippen LogP contribution in [0.15, 0.2) is 6.07 Å². The first-order chi connectivity index (χ1) is 12.0. The van der Waals surface area contributed by atoms with Crippen LogP contribution < -0.4 is 0 Å². The topological polar surface area (TPSA) is 29.0 Å². The molecule has 25 heavy (non-hydrogen) atoms. The van der Waals surface area contributed by atoms with Gasteiger partial charge in [0.15, 0.2) is 0 Å². The molecular weight excluding hydrogens is 340 g/mol. The highest BCUT2D eigenvalue weighted by Crippen LogP contribution is 2.39. The van der Waals surface area contributed by atoms with Crippen LogP contribution in [0.2, 0.25) is 0 Å². The van der Waals surface area contributed by atoms with Crippen molar-refractivity contribution in [2.24, 2.45) is 0 Å². The molecule has 1 saturated heterocycles. The molecule has 2 aliphatic rings. The van der Waals surface area contributed by atoms with Crippen molar-refractivity contribution in [2.45, 2.75) is 70.3 Å². The predicted octanol–water partition coefficient (Wildman–Crippen LogP) is 5.28. The van der Waals surface area contributed by atoms with Crippen molar-refractivity contribution < 1.29 is 8.78 Å². The first kappa shape index (κ1) is 17.3. The highest BCUT2D eigenvalue weighted by Gasteiger charge is 2.34. The minimum absolute atomic E-state index is 0.0445. The number of aryl methyl sites for hydroxylation is 1. The third-order valence-electron chi connectivity index (χ3n) is 5.57. The zero-order chi connectivity index (χ0) is 17.4. The van der Waals surface area contributed by atoms with E-state index >= 15 is 0 Å². The molecule has 2 fully saturated rings. The third-order valence-corrected chi connectivity index (χ3v) is 6.76. The van der Waals surface area contributed by atoms with E-state index in [1.807, 2.05) is 6.92 Å². The van der Waals surface area contributed by atoms with E-state index in [2.05, 4.69) is 20.9 Å². The minimum atomic E-state index is -2.50. The zero-order valence-corrected chi connectivity index (χ0v) is 15.5. The molecule has 0 N–H and O–H groups in total. The summed E-state index contributed by atoms with van der Waals surface area (Å²) in [6.07, 6.45) is 6.45. The van der Waals surface area contributed by atoms with Gasteiger partial charge in [-0.3, -0.25) is 4.90 Å². The molecule has 1 aliphatic heterocycles. The van der Waals surface area contributed by atoms with Crippen molar-refractivity contribution in [3.05, 3.63) is 22.5 Å². The lowest BCUT2D eigenvalue weighted by atomic mass is 9.88. The number of likely N-dealkylation sites (tertiary alicyclic amines) is 1. The van der Waals surface area contributed by atoms with Crippen LogP contribution in [-0.4, -0.2) is 33.9 Å². The van der Waals surface area contributed by atoms with Crippen molar-refractivity contribution in [1.82, 2.24) is 14.9 Å². The first-order valence-corrected chi connectivity index (χ1v) is 10.2. The predicted molar refractivity (Wildman–Crippen MR) is 97.4 cm³/mol. The number of hydrogen-bond donors (Lipinski definition) is 0. The van der Waals surface area contributed by atoms with E-state index in [0.717, 1.165) is 21.7 Å². The highest BCUT2D eigenvalue weighted by atomic mass is 32.1. The minimum Gasteiger partial charge on any atom is -0.297 e. The summed E-state index contributed by atoms with van der Waals surface area (Å²) in [4.78, 5) is 13.9. The molecule has 0 bridgehead atoms. The number of fused-ring (bicyclic) bond motifs is 1. The van der Waals surface area contributed by atoms with Crippen LogP contribution in [0.1, 0.15) is 67.3 Å². The number of alkyl halides is 2. The van der Waals surface area contributed by atoms with E-state index in [-0.39, 0.29) is 12.8 Å². The summed E-state index contributed by atoms with van der Waals surface area (Å²) in [5.74, 6) is -1.05. The normalized spacial score (nSPS) is 22.5. The van der Waals surface area contributed by atoms with Crippen LogP contribution in [0.25, 0.3) is 10.2 Å². The van der Waals surface area contributed by atoms with Gasteiger partial charge in [-0.1, -0.05) is 19.3 Å². The Morgan fingerprint density at radius 3 is 2.60 bits per heavy atom. The van der Waals surface area contributed by atoms with Gasteiger partial charge in [0.25, 0.3) is 5.92 Å². The van der Waals surface area contributed by atoms with Gasteiger partial charge in [0.1, 0.15) is 10.7 Å². The van der Waals surface area contributed by atoms with Gasteiger partial charge in [0.2, 0.25) is 0 Å². The Hall–Kier alpha value is -1.14. The molecule has 2 aromatic heterocycles. The summed E-state index contributed by atoms with van der Waals surface area (Å²) in [6, 6.07) is 2.28. The van der Waals surface area contributed by atoms with Crippen LogP contribution in [0.5, 0.6) is 0 Å². The third kappa shape index (κ3) is 3.85. The highest BCUT2D eigenvalue weighted by molar-refractivity contribution is 7.18. The molecule has 0 spiro atoms. The van der Waals surface area contributed by atoms with Crippen LogP contribution in [0.4, 0.5) is 8.78 Å². The lowest BCUT2D eigenvalue weighted by Gasteiger charge is -2.31. The summed E-state index contributed by atoms with van der Waals surface area (Å²) >= 11 is 1.80. The largest absolute Gasteiger partial charge is 0.297 e. The Labute approximate surface area is 151 Å². The van der Waals surface area contributed by atoms with Crippen LogP contribution in [0, 0.1) is 6.92 Å². The summed E-state index contributed by atoms with van der Waals surface area (Å²) in [5, 5.41) is 1.13. The second kappa shape index (κ2) is 6.88. The van der Waals surface area contributed by atoms with E-state index in [1.54, 1.807) is 11.3 Å². The van der Waals surface area contributed by atoms with Crippen molar-refractivity contribution in [3.8, 4) is 0 Å². The number of thiophene rings is 1. The Morgan fingerprint density at radius 2 is 1.88 bits per heavy atom. The average molecular weight is 365 g/mol. The molecule has 0 amide bonds. The summed E-state index contributed by atoms with van der Waals surface area (Å²) < 4.78 is 26.8. The quantitative estimate of drug-likeness (QED) is 0.741. The number of hydrogen-bond acceptors (Lipinski definition) is 4. The number of aromatic nitrogens is 2. The van der Waals surface area contributed by atoms with E-state index in [1.165, 1.54) is 37.0 Å². The Kier molecular flexibility index (Phi) is 4.75. The second-order valence-corrected chi connectivity index (χ2v) is 8.61. The Bertz CT molecular complexity index is 742. The van der Waals surface area contributed by atoms with Crippen LogP contribution in [0.3, 0.4) is 0 Å². The fraction of sp³-hybridized carbons (Fsp3) is 0.684. The molecule has 0 atom stereocenters. The zero-order valence-electron chi connectivity index (χ0n) is 14.7. The van der Waals surface area contributed by atoms with Gasteiger partial charge in [0, 0.05) is 42.7 Å². The van der Waals surface area contributed by atoms with E-state index in [4.69, 9.17) is 0 Å². The molecule has 0 aromatic carbocycles. The van der Waals surface area contributed by atoms with Gasteiger partial charge in [-0.15, -0.1) is 11.3 Å². The standard InChI is InChI=1S/C19H25F2N3S/c1-13-22-16(12-24-9-7-19(20,21)8-10-24)15-11-17(25-18(15)23-13)14-5-3-2-4-6-14/h11,14H,2-10,12H2,1H3. The van der Waals surface area contributed by atoms with Crippen molar-refractivity contribution in [2.75, 3.05) is 13.1 Å². The van der Waals surface area contributed by atoms with Gasteiger partial charge in [-0.2, -0.15) is 0 Å². The Balaban J connectivity index is 1.58. The van der Waals surface area contributed by atoms with Crippen LogP contribution in [-0.2, 0) is 6.54 Å². The van der Waals surface area contributed by atoms with Gasteiger partial charge < -0.3 is 0 Å². The molecule has 0 unspecified atom stereocenters.